The zero-order chi connectivity index (χ0) is 14.0. The highest BCUT2D eigenvalue weighted by atomic mass is 79.9. The van der Waals surface area contributed by atoms with Crippen LogP contribution in [0.1, 0.15) is 5.56 Å². The monoisotopic (exact) mass is 351 g/mol. The molecule has 0 radical (unpaired) electrons. The molecule has 1 fully saturated rings. The van der Waals surface area contributed by atoms with Gasteiger partial charge in [0.2, 0.25) is 5.91 Å². The van der Waals surface area contributed by atoms with Crippen molar-refractivity contribution in [3.8, 4) is 0 Å². The SMILES string of the molecule is O=C(Cc1ccc(Br)cc1F)N1CCS(O)(O)CC1. The fraction of sp³-hybridized carbons (Fsp3) is 0.417. The van der Waals surface area contributed by atoms with Crippen LogP contribution < -0.4 is 0 Å². The molecule has 2 rings (SSSR count). The van der Waals surface area contributed by atoms with Crippen LogP contribution >= 0.6 is 26.5 Å². The molecule has 2 N–H and O–H groups in total. The molecule has 0 spiro atoms. The quantitative estimate of drug-likeness (QED) is 0.861. The van der Waals surface area contributed by atoms with Crippen molar-refractivity contribution in [1.29, 1.82) is 0 Å². The standard InChI is InChI=1S/C12H15BrFNO3S/c13-10-2-1-9(11(14)8-10)7-12(16)15-3-5-19(17,18)6-4-15/h1-2,8,17-18H,3-7H2. The van der Waals surface area contributed by atoms with E-state index >= 15 is 0 Å². The second-order valence-corrected chi connectivity index (χ2v) is 7.84. The van der Waals surface area contributed by atoms with Gasteiger partial charge in [-0.2, -0.15) is 10.6 Å². The normalized spacial score (nSPS) is 20.1. The Morgan fingerprint density at radius 3 is 2.58 bits per heavy atom. The lowest BCUT2D eigenvalue weighted by atomic mass is 10.1. The molecule has 0 aliphatic carbocycles. The molecular formula is C12H15BrFNO3S. The maximum absolute atomic E-state index is 13.6. The van der Waals surface area contributed by atoms with E-state index in [9.17, 15) is 18.3 Å². The van der Waals surface area contributed by atoms with Gasteiger partial charge in [0, 0.05) is 17.6 Å². The van der Waals surface area contributed by atoms with Crippen LogP contribution in [-0.4, -0.2) is 44.5 Å². The van der Waals surface area contributed by atoms with Crippen LogP contribution in [0.4, 0.5) is 4.39 Å². The van der Waals surface area contributed by atoms with E-state index in [1.165, 1.54) is 6.07 Å². The van der Waals surface area contributed by atoms with Crippen LogP contribution in [0.15, 0.2) is 22.7 Å². The minimum absolute atomic E-state index is 0.00168. The van der Waals surface area contributed by atoms with Crippen LogP contribution in [0.25, 0.3) is 0 Å². The molecular weight excluding hydrogens is 337 g/mol. The van der Waals surface area contributed by atoms with E-state index in [1.54, 1.807) is 17.0 Å². The van der Waals surface area contributed by atoms with Gasteiger partial charge in [-0.05, 0) is 17.7 Å². The third-order valence-electron chi connectivity index (χ3n) is 3.09. The second kappa shape index (κ2) is 5.78. The Kier molecular flexibility index (Phi) is 4.50. The molecule has 1 aliphatic heterocycles. The third-order valence-corrected chi connectivity index (χ3v) is 5.25. The van der Waals surface area contributed by atoms with Gasteiger partial charge >= 0.3 is 0 Å². The molecule has 0 atom stereocenters. The van der Waals surface area contributed by atoms with E-state index < -0.39 is 16.4 Å². The van der Waals surface area contributed by atoms with Crippen molar-refractivity contribution in [2.75, 3.05) is 24.6 Å². The minimum Gasteiger partial charge on any atom is -0.339 e. The maximum Gasteiger partial charge on any atom is 0.227 e. The Morgan fingerprint density at radius 1 is 1.37 bits per heavy atom. The minimum atomic E-state index is -2.51. The summed E-state index contributed by atoms with van der Waals surface area (Å²) >= 11 is 3.16. The number of nitrogens with zero attached hydrogens (tertiary/aromatic N) is 1. The molecule has 1 aromatic carbocycles. The summed E-state index contributed by atoms with van der Waals surface area (Å²) in [5.41, 5.74) is 0.352. The van der Waals surface area contributed by atoms with Gasteiger partial charge in [0.05, 0.1) is 17.9 Å². The summed E-state index contributed by atoms with van der Waals surface area (Å²) in [5, 5.41) is 0. The molecule has 19 heavy (non-hydrogen) atoms. The number of carbonyl (C=O) groups is 1. The van der Waals surface area contributed by atoms with Crippen molar-refractivity contribution in [2.45, 2.75) is 6.42 Å². The number of rotatable bonds is 2. The Hall–Kier alpha value is -0.630. The first-order valence-corrected chi connectivity index (χ1v) is 8.50. The number of benzene rings is 1. The molecule has 106 valence electrons. The first-order valence-electron chi connectivity index (χ1n) is 5.83. The number of hydrogen-bond acceptors (Lipinski definition) is 3. The molecule has 0 unspecified atom stereocenters. The highest BCUT2D eigenvalue weighted by Gasteiger charge is 2.25. The lowest BCUT2D eigenvalue weighted by Crippen LogP contribution is -2.42. The lowest BCUT2D eigenvalue weighted by molar-refractivity contribution is -0.130. The molecule has 1 aromatic rings. The van der Waals surface area contributed by atoms with Crippen molar-refractivity contribution in [2.24, 2.45) is 0 Å². The second-order valence-electron chi connectivity index (χ2n) is 4.50. The van der Waals surface area contributed by atoms with Gasteiger partial charge in [-0.1, -0.05) is 22.0 Å². The molecule has 0 saturated carbocycles. The Balaban J connectivity index is 1.98. The van der Waals surface area contributed by atoms with Crippen molar-refractivity contribution in [3.05, 3.63) is 34.1 Å². The van der Waals surface area contributed by atoms with Crippen LogP contribution in [0.3, 0.4) is 0 Å². The first-order chi connectivity index (χ1) is 8.87. The summed E-state index contributed by atoms with van der Waals surface area (Å²) < 4.78 is 33.2. The first kappa shape index (κ1) is 14.8. The summed E-state index contributed by atoms with van der Waals surface area (Å²) in [6.45, 7) is 0.638. The Labute approximate surface area is 121 Å². The van der Waals surface area contributed by atoms with Crippen molar-refractivity contribution < 1.29 is 18.3 Å². The van der Waals surface area contributed by atoms with Crippen LogP contribution in [0.5, 0.6) is 0 Å². The van der Waals surface area contributed by atoms with Gasteiger partial charge in [0.15, 0.2) is 0 Å². The van der Waals surface area contributed by atoms with Gasteiger partial charge in [-0.3, -0.25) is 13.9 Å². The van der Waals surface area contributed by atoms with Gasteiger partial charge in [0.1, 0.15) is 5.82 Å². The maximum atomic E-state index is 13.6. The van der Waals surface area contributed by atoms with Crippen molar-refractivity contribution in [1.82, 2.24) is 4.90 Å². The highest BCUT2D eigenvalue weighted by molar-refractivity contribution is 9.10. The molecule has 1 amide bonds. The average molecular weight is 352 g/mol. The Morgan fingerprint density at radius 2 is 2.00 bits per heavy atom. The van der Waals surface area contributed by atoms with Crippen LogP contribution in [0.2, 0.25) is 0 Å². The zero-order valence-corrected chi connectivity index (χ0v) is 12.6. The summed E-state index contributed by atoms with van der Waals surface area (Å²) in [5.74, 6) is -0.177. The van der Waals surface area contributed by atoms with Crippen LogP contribution in [-0.2, 0) is 11.2 Å². The van der Waals surface area contributed by atoms with E-state index in [2.05, 4.69) is 15.9 Å². The van der Waals surface area contributed by atoms with Gasteiger partial charge in [0.25, 0.3) is 0 Å². The van der Waals surface area contributed by atoms with Gasteiger partial charge in [-0.15, -0.1) is 0 Å². The summed E-state index contributed by atoms with van der Waals surface area (Å²) in [6, 6.07) is 4.60. The summed E-state index contributed by atoms with van der Waals surface area (Å²) in [7, 11) is -2.51. The molecule has 0 aromatic heterocycles. The summed E-state index contributed by atoms with van der Waals surface area (Å²) in [4.78, 5) is 13.6. The fourth-order valence-electron chi connectivity index (χ4n) is 1.92. The number of amides is 1. The molecule has 1 aliphatic rings. The van der Waals surface area contributed by atoms with Crippen LogP contribution in [0, 0.1) is 5.82 Å². The largest absolute Gasteiger partial charge is 0.339 e. The van der Waals surface area contributed by atoms with Crippen molar-refractivity contribution in [3.63, 3.8) is 0 Å². The van der Waals surface area contributed by atoms with E-state index in [-0.39, 0.29) is 23.8 Å². The van der Waals surface area contributed by atoms with E-state index in [1.807, 2.05) is 0 Å². The topological polar surface area (TPSA) is 60.8 Å². The third kappa shape index (κ3) is 3.92. The number of hydrogen-bond donors (Lipinski definition) is 2. The zero-order valence-electron chi connectivity index (χ0n) is 10.2. The average Bonchev–Trinajstić information content (AvgIpc) is 2.32. The fourth-order valence-corrected chi connectivity index (χ4v) is 3.48. The molecule has 4 nitrogen and oxygen atoms in total. The molecule has 1 saturated heterocycles. The lowest BCUT2D eigenvalue weighted by Gasteiger charge is -2.41. The number of carbonyl (C=O) groups excluding carboxylic acids is 1. The molecule has 0 bridgehead atoms. The molecule has 7 heteroatoms. The van der Waals surface area contributed by atoms with Gasteiger partial charge < -0.3 is 4.90 Å². The van der Waals surface area contributed by atoms with E-state index in [0.29, 0.717) is 23.1 Å². The smallest absolute Gasteiger partial charge is 0.227 e. The predicted octanol–water partition coefficient (Wildman–Crippen LogP) is 2.72. The molecule has 1 heterocycles. The highest BCUT2D eigenvalue weighted by Crippen LogP contribution is 2.40. The van der Waals surface area contributed by atoms with E-state index in [4.69, 9.17) is 0 Å². The van der Waals surface area contributed by atoms with E-state index in [0.717, 1.165) is 0 Å². The predicted molar refractivity (Wildman–Crippen MR) is 77.0 cm³/mol. The van der Waals surface area contributed by atoms with Gasteiger partial charge in [-0.25, -0.2) is 4.39 Å². The summed E-state index contributed by atoms with van der Waals surface area (Å²) in [6.07, 6.45) is -0.00168. The Bertz CT molecular complexity index is 488. The van der Waals surface area contributed by atoms with Crippen molar-refractivity contribution >= 4 is 32.4 Å². The number of halogens is 2.